The molecule has 3 aromatic heterocycles. The second kappa shape index (κ2) is 7.97. The number of nitrogens with zero attached hydrogens (tertiary/aromatic N) is 5. The van der Waals surface area contributed by atoms with Crippen LogP contribution in [-0.2, 0) is 11.3 Å². The first-order valence-corrected chi connectivity index (χ1v) is 10.4. The monoisotopic (exact) mass is 427 g/mol. The third-order valence-corrected chi connectivity index (χ3v) is 5.52. The van der Waals surface area contributed by atoms with E-state index in [-0.39, 0.29) is 5.56 Å². The van der Waals surface area contributed by atoms with Crippen LogP contribution in [0.3, 0.4) is 0 Å². The van der Waals surface area contributed by atoms with Crippen molar-refractivity contribution >= 4 is 39.4 Å². The van der Waals surface area contributed by atoms with Crippen molar-refractivity contribution in [2.45, 2.75) is 20.4 Å². The Balaban J connectivity index is 1.83. The number of hydrogen-bond acceptors (Lipinski definition) is 5. The van der Waals surface area contributed by atoms with E-state index in [1.807, 2.05) is 62.4 Å². The molecule has 0 unspecified atom stereocenters. The molecular formula is C24H23N6O2+. The Morgan fingerprint density at radius 1 is 1.06 bits per heavy atom. The molecule has 0 saturated heterocycles. The minimum Gasteiger partial charge on any atom is -0.381 e. The average molecular weight is 427 g/mol. The lowest BCUT2D eigenvalue weighted by atomic mass is 10.2. The third kappa shape index (κ3) is 3.34. The van der Waals surface area contributed by atoms with Crippen LogP contribution in [0.5, 0.6) is 0 Å². The maximum absolute atomic E-state index is 13.5. The highest BCUT2D eigenvalue weighted by Gasteiger charge is 2.26. The predicted octanol–water partition coefficient (Wildman–Crippen LogP) is 2.86. The standard InChI is InChI=1S/C24H22N6O2/c1-15-8-10-17(11-9-15)14-25-30-22-20(24(31)29(12-13-32-3)16(2)26-22)21-23(30)28-19-7-5-4-6-18(19)27-21/h4-11,14H,12-13H2,1-3H3/p+1. The Hall–Kier alpha value is -3.91. The lowest BCUT2D eigenvalue weighted by Gasteiger charge is -2.04. The van der Waals surface area contributed by atoms with Crippen molar-refractivity contribution in [1.29, 1.82) is 0 Å². The van der Waals surface area contributed by atoms with Crippen molar-refractivity contribution in [2.75, 3.05) is 13.7 Å². The number of rotatable bonds is 5. The van der Waals surface area contributed by atoms with Gasteiger partial charge in [0.05, 0.1) is 30.4 Å². The fourth-order valence-corrected chi connectivity index (χ4v) is 3.82. The summed E-state index contributed by atoms with van der Waals surface area (Å²) in [5.41, 5.74) is 5.06. The molecule has 5 rings (SSSR count). The van der Waals surface area contributed by atoms with Crippen LogP contribution in [0, 0.1) is 13.8 Å². The SMILES string of the molecule is COCCn1c(C)[nH+]c2c(c1=O)c1nc3ccccc3nc1n2N=Cc1ccc(C)cc1. The van der Waals surface area contributed by atoms with Gasteiger partial charge in [0.1, 0.15) is 5.52 Å². The number of fused-ring (bicyclic) bond motifs is 4. The van der Waals surface area contributed by atoms with E-state index in [4.69, 9.17) is 14.7 Å². The Kier molecular flexibility index (Phi) is 4.99. The van der Waals surface area contributed by atoms with E-state index in [2.05, 4.69) is 10.1 Å². The van der Waals surface area contributed by atoms with Crippen molar-refractivity contribution in [3.8, 4) is 0 Å². The Morgan fingerprint density at radius 2 is 1.78 bits per heavy atom. The lowest BCUT2D eigenvalue weighted by molar-refractivity contribution is -0.368. The number of aromatic amines is 1. The number of benzene rings is 2. The molecule has 0 atom stereocenters. The molecule has 160 valence electrons. The maximum Gasteiger partial charge on any atom is 0.323 e. The zero-order valence-electron chi connectivity index (χ0n) is 18.2. The fourth-order valence-electron chi connectivity index (χ4n) is 3.82. The first kappa shape index (κ1) is 20.0. The number of methoxy groups -OCH3 is 1. The quantitative estimate of drug-likeness (QED) is 0.404. The second-order valence-corrected chi connectivity index (χ2v) is 7.74. The summed E-state index contributed by atoms with van der Waals surface area (Å²) in [5, 5.41) is 5.15. The second-order valence-electron chi connectivity index (χ2n) is 7.74. The van der Waals surface area contributed by atoms with Crippen LogP contribution in [0.4, 0.5) is 0 Å². The van der Waals surface area contributed by atoms with E-state index < -0.39 is 0 Å². The van der Waals surface area contributed by atoms with Crippen molar-refractivity contribution in [3.63, 3.8) is 0 Å². The molecule has 5 aromatic rings. The van der Waals surface area contributed by atoms with Gasteiger partial charge in [0.15, 0.2) is 5.39 Å². The zero-order chi connectivity index (χ0) is 22.2. The molecule has 8 heteroatoms. The van der Waals surface area contributed by atoms with E-state index in [1.54, 1.807) is 22.6 Å². The van der Waals surface area contributed by atoms with E-state index in [0.717, 1.165) is 16.6 Å². The molecule has 3 heterocycles. The summed E-state index contributed by atoms with van der Waals surface area (Å²) >= 11 is 0. The summed E-state index contributed by atoms with van der Waals surface area (Å²) in [6.07, 6.45) is 1.76. The van der Waals surface area contributed by atoms with Gasteiger partial charge in [-0.2, -0.15) is 0 Å². The summed E-state index contributed by atoms with van der Waals surface area (Å²) in [6, 6.07) is 15.7. The van der Waals surface area contributed by atoms with Gasteiger partial charge in [0.2, 0.25) is 11.5 Å². The molecule has 0 bridgehead atoms. The Morgan fingerprint density at radius 3 is 2.50 bits per heavy atom. The van der Waals surface area contributed by atoms with E-state index >= 15 is 0 Å². The van der Waals surface area contributed by atoms with Gasteiger partial charge in [-0.15, -0.1) is 9.78 Å². The first-order chi connectivity index (χ1) is 15.6. The maximum atomic E-state index is 13.5. The smallest absolute Gasteiger partial charge is 0.323 e. The molecule has 32 heavy (non-hydrogen) atoms. The van der Waals surface area contributed by atoms with Crippen LogP contribution >= 0.6 is 0 Å². The molecule has 1 N–H and O–H groups in total. The van der Waals surface area contributed by atoms with Crippen LogP contribution in [-0.4, -0.2) is 39.1 Å². The predicted molar refractivity (Wildman–Crippen MR) is 124 cm³/mol. The zero-order valence-corrected chi connectivity index (χ0v) is 18.2. The minimum absolute atomic E-state index is 0.146. The highest BCUT2D eigenvalue weighted by atomic mass is 16.5. The number of H-pyrrole nitrogens is 1. The minimum atomic E-state index is -0.146. The largest absolute Gasteiger partial charge is 0.381 e. The van der Waals surface area contributed by atoms with Crippen LogP contribution < -0.4 is 10.5 Å². The van der Waals surface area contributed by atoms with Gasteiger partial charge in [-0.1, -0.05) is 42.0 Å². The van der Waals surface area contributed by atoms with Crippen molar-refractivity contribution in [3.05, 3.63) is 75.8 Å². The number of para-hydroxylation sites is 2. The number of aromatic nitrogens is 5. The molecule has 8 nitrogen and oxygen atoms in total. The molecular weight excluding hydrogens is 404 g/mol. The third-order valence-electron chi connectivity index (χ3n) is 5.52. The fraction of sp³-hybridized carbons (Fsp3) is 0.208. The Labute approximate surface area is 183 Å². The van der Waals surface area contributed by atoms with Gasteiger partial charge in [-0.25, -0.2) is 24.3 Å². The summed E-state index contributed by atoms with van der Waals surface area (Å²) in [4.78, 5) is 26.4. The van der Waals surface area contributed by atoms with Gasteiger partial charge in [-0.3, -0.25) is 0 Å². The molecule has 2 aromatic carbocycles. The van der Waals surface area contributed by atoms with Gasteiger partial charge in [-0.05, 0) is 24.6 Å². The molecule has 0 aliphatic rings. The van der Waals surface area contributed by atoms with Crippen molar-refractivity contribution in [2.24, 2.45) is 5.10 Å². The number of hydrogen-bond donors (Lipinski definition) is 0. The summed E-state index contributed by atoms with van der Waals surface area (Å²) < 4.78 is 8.51. The lowest BCUT2D eigenvalue weighted by Crippen LogP contribution is -2.32. The summed E-state index contributed by atoms with van der Waals surface area (Å²) in [6.45, 7) is 4.77. The highest BCUT2D eigenvalue weighted by Crippen LogP contribution is 2.24. The van der Waals surface area contributed by atoms with Gasteiger partial charge >= 0.3 is 5.56 Å². The van der Waals surface area contributed by atoms with E-state index in [1.165, 1.54) is 5.56 Å². The molecule has 0 saturated carbocycles. The topological polar surface area (TPSA) is 88.4 Å². The first-order valence-electron chi connectivity index (χ1n) is 10.4. The van der Waals surface area contributed by atoms with Crippen LogP contribution in [0.15, 0.2) is 58.4 Å². The molecule has 0 spiro atoms. The molecule has 0 radical (unpaired) electrons. The normalized spacial score (nSPS) is 12.0. The van der Waals surface area contributed by atoms with Crippen molar-refractivity contribution in [1.82, 2.24) is 19.2 Å². The molecule has 0 aliphatic carbocycles. The number of nitrogens with one attached hydrogen (secondary N) is 1. The van der Waals surface area contributed by atoms with Crippen LogP contribution in [0.1, 0.15) is 17.0 Å². The van der Waals surface area contributed by atoms with Gasteiger partial charge in [0.25, 0.3) is 5.65 Å². The van der Waals surface area contributed by atoms with Crippen molar-refractivity contribution < 1.29 is 9.72 Å². The number of aryl methyl sites for hydroxylation is 2. The van der Waals surface area contributed by atoms with E-state index in [9.17, 15) is 4.79 Å². The van der Waals surface area contributed by atoms with E-state index in [0.29, 0.717) is 41.2 Å². The molecule has 0 fully saturated rings. The molecule has 0 amide bonds. The summed E-state index contributed by atoms with van der Waals surface area (Å²) in [7, 11) is 1.62. The summed E-state index contributed by atoms with van der Waals surface area (Å²) in [5.74, 6) is 0.707. The molecule has 0 aliphatic heterocycles. The average Bonchev–Trinajstić information content (AvgIpc) is 3.09. The van der Waals surface area contributed by atoms with Gasteiger partial charge in [0, 0.05) is 14.0 Å². The van der Waals surface area contributed by atoms with Gasteiger partial charge < -0.3 is 4.74 Å². The highest BCUT2D eigenvalue weighted by molar-refractivity contribution is 6.03. The van der Waals surface area contributed by atoms with Crippen LogP contribution in [0.25, 0.3) is 33.2 Å². The Bertz CT molecular complexity index is 1550. The number of ether oxygens (including phenoxy) is 1. The van der Waals surface area contributed by atoms with Crippen LogP contribution in [0.2, 0.25) is 0 Å².